The number of hydrogen-bond donors (Lipinski definition) is 4. The van der Waals surface area contributed by atoms with Gasteiger partial charge in [-0.25, -0.2) is 4.79 Å². The number of carbonyl (C=O) groups is 3. The van der Waals surface area contributed by atoms with Gasteiger partial charge in [-0.05, 0) is 18.6 Å². The number of hydrogen-bond acceptors (Lipinski definition) is 3. The first-order chi connectivity index (χ1) is 9.97. The Morgan fingerprint density at radius 2 is 1.90 bits per heavy atom. The highest BCUT2D eigenvalue weighted by Gasteiger charge is 2.22. The molecule has 1 heterocycles. The van der Waals surface area contributed by atoms with Crippen LogP contribution < -0.4 is 5.32 Å². The predicted octanol–water partition coefficient (Wildman–Crippen LogP) is 1.22. The number of carboxylic acid groups (broad SMARTS) is 2. The Morgan fingerprint density at radius 1 is 1.19 bits per heavy atom. The summed E-state index contributed by atoms with van der Waals surface area (Å²) in [6.07, 6.45) is -0.499. The van der Waals surface area contributed by atoms with Gasteiger partial charge in [0.2, 0.25) is 0 Å². The Balaban J connectivity index is 2.10. The molecule has 0 fully saturated rings. The molecule has 0 radical (unpaired) electrons. The second kappa shape index (κ2) is 6.08. The van der Waals surface area contributed by atoms with E-state index in [1.807, 2.05) is 18.2 Å². The summed E-state index contributed by atoms with van der Waals surface area (Å²) >= 11 is 0. The number of aliphatic carboxylic acids is 2. The van der Waals surface area contributed by atoms with Crippen molar-refractivity contribution >= 4 is 28.7 Å². The van der Waals surface area contributed by atoms with Crippen molar-refractivity contribution in [1.29, 1.82) is 0 Å². The molecule has 0 spiro atoms. The van der Waals surface area contributed by atoms with E-state index >= 15 is 0 Å². The SMILES string of the molecule is O=C(O)CC[C@H](NC(=O)c1cc2ccccc2[nH]1)C(=O)O. The van der Waals surface area contributed by atoms with E-state index in [1.165, 1.54) is 0 Å². The number of benzene rings is 1. The molecule has 1 amide bonds. The zero-order chi connectivity index (χ0) is 15.4. The van der Waals surface area contributed by atoms with Crippen LogP contribution in [-0.2, 0) is 9.59 Å². The minimum absolute atomic E-state index is 0.170. The number of para-hydroxylation sites is 1. The summed E-state index contributed by atoms with van der Waals surface area (Å²) < 4.78 is 0. The molecule has 2 aromatic rings. The zero-order valence-corrected chi connectivity index (χ0v) is 11.0. The van der Waals surface area contributed by atoms with Gasteiger partial charge < -0.3 is 20.5 Å². The molecule has 21 heavy (non-hydrogen) atoms. The van der Waals surface area contributed by atoms with Gasteiger partial charge in [-0.3, -0.25) is 9.59 Å². The van der Waals surface area contributed by atoms with Crippen molar-refractivity contribution in [3.05, 3.63) is 36.0 Å². The summed E-state index contributed by atoms with van der Waals surface area (Å²) in [6, 6.07) is 7.63. The number of carbonyl (C=O) groups excluding carboxylic acids is 1. The lowest BCUT2D eigenvalue weighted by atomic mass is 10.1. The number of amides is 1. The fraction of sp³-hybridized carbons (Fsp3) is 0.214. The molecule has 0 saturated heterocycles. The van der Waals surface area contributed by atoms with Crippen LogP contribution in [0.3, 0.4) is 0 Å². The highest BCUT2D eigenvalue weighted by molar-refractivity contribution is 5.99. The molecule has 1 aromatic carbocycles. The molecule has 2 rings (SSSR count). The van der Waals surface area contributed by atoms with Gasteiger partial charge in [0.15, 0.2) is 0 Å². The molecule has 1 atom stereocenters. The maximum atomic E-state index is 12.0. The van der Waals surface area contributed by atoms with Gasteiger partial charge in [0.25, 0.3) is 5.91 Å². The lowest BCUT2D eigenvalue weighted by Crippen LogP contribution is -2.41. The van der Waals surface area contributed by atoms with Gasteiger partial charge in [0.05, 0.1) is 0 Å². The van der Waals surface area contributed by atoms with Gasteiger partial charge >= 0.3 is 11.9 Å². The molecule has 4 N–H and O–H groups in total. The maximum absolute atomic E-state index is 12.0. The summed E-state index contributed by atoms with van der Waals surface area (Å²) in [6.45, 7) is 0. The molecular formula is C14H14N2O5. The van der Waals surface area contributed by atoms with Crippen LogP contribution in [-0.4, -0.2) is 39.1 Å². The zero-order valence-electron chi connectivity index (χ0n) is 11.0. The minimum atomic E-state index is -1.26. The van der Waals surface area contributed by atoms with Crippen LogP contribution in [0.2, 0.25) is 0 Å². The van der Waals surface area contributed by atoms with E-state index in [2.05, 4.69) is 10.3 Å². The van der Waals surface area contributed by atoms with Crippen LogP contribution >= 0.6 is 0 Å². The maximum Gasteiger partial charge on any atom is 0.326 e. The Labute approximate surface area is 119 Å². The van der Waals surface area contributed by atoms with Crippen molar-refractivity contribution < 1.29 is 24.6 Å². The van der Waals surface area contributed by atoms with Crippen molar-refractivity contribution in [1.82, 2.24) is 10.3 Å². The fourth-order valence-corrected chi connectivity index (χ4v) is 1.96. The molecular weight excluding hydrogens is 276 g/mol. The van der Waals surface area contributed by atoms with E-state index in [0.717, 1.165) is 10.9 Å². The average molecular weight is 290 g/mol. The van der Waals surface area contributed by atoms with Gasteiger partial charge in [0, 0.05) is 17.3 Å². The number of H-pyrrole nitrogens is 1. The van der Waals surface area contributed by atoms with Crippen LogP contribution in [0.5, 0.6) is 0 Å². The molecule has 110 valence electrons. The second-order valence-corrected chi connectivity index (χ2v) is 4.57. The van der Waals surface area contributed by atoms with E-state index in [-0.39, 0.29) is 18.5 Å². The Bertz CT molecular complexity index is 658. The average Bonchev–Trinajstić information content (AvgIpc) is 2.86. The van der Waals surface area contributed by atoms with Crippen LogP contribution in [0.4, 0.5) is 0 Å². The lowest BCUT2D eigenvalue weighted by molar-refractivity contribution is -0.140. The Morgan fingerprint density at radius 3 is 2.52 bits per heavy atom. The first-order valence-corrected chi connectivity index (χ1v) is 6.30. The lowest BCUT2D eigenvalue weighted by Gasteiger charge is -2.12. The van der Waals surface area contributed by atoms with Crippen LogP contribution in [0.15, 0.2) is 30.3 Å². The van der Waals surface area contributed by atoms with E-state index in [1.54, 1.807) is 12.1 Å². The number of aromatic amines is 1. The fourth-order valence-electron chi connectivity index (χ4n) is 1.96. The van der Waals surface area contributed by atoms with Crippen molar-refractivity contribution in [3.63, 3.8) is 0 Å². The van der Waals surface area contributed by atoms with Gasteiger partial charge in [-0.1, -0.05) is 18.2 Å². The molecule has 0 saturated carbocycles. The van der Waals surface area contributed by atoms with Gasteiger partial charge in [0.1, 0.15) is 11.7 Å². The Hall–Kier alpha value is -2.83. The molecule has 0 aliphatic carbocycles. The van der Waals surface area contributed by atoms with E-state index < -0.39 is 23.9 Å². The van der Waals surface area contributed by atoms with E-state index in [4.69, 9.17) is 10.2 Å². The van der Waals surface area contributed by atoms with Crippen molar-refractivity contribution in [2.24, 2.45) is 0 Å². The molecule has 0 unspecified atom stereocenters. The molecule has 0 bridgehead atoms. The van der Waals surface area contributed by atoms with Gasteiger partial charge in [-0.15, -0.1) is 0 Å². The molecule has 0 aliphatic heterocycles. The monoisotopic (exact) mass is 290 g/mol. The van der Waals surface area contributed by atoms with Crippen LogP contribution in [0, 0.1) is 0 Å². The quantitative estimate of drug-likeness (QED) is 0.637. The van der Waals surface area contributed by atoms with Crippen molar-refractivity contribution in [2.75, 3.05) is 0 Å². The minimum Gasteiger partial charge on any atom is -0.481 e. The van der Waals surface area contributed by atoms with E-state index in [9.17, 15) is 14.4 Å². The molecule has 7 heteroatoms. The number of fused-ring (bicyclic) bond motifs is 1. The third kappa shape index (κ3) is 3.59. The third-order valence-electron chi connectivity index (χ3n) is 3.02. The molecule has 0 aliphatic rings. The summed E-state index contributed by atoms with van der Waals surface area (Å²) in [4.78, 5) is 36.4. The number of aromatic nitrogens is 1. The predicted molar refractivity (Wildman–Crippen MR) is 74.1 cm³/mol. The van der Waals surface area contributed by atoms with Gasteiger partial charge in [-0.2, -0.15) is 0 Å². The highest BCUT2D eigenvalue weighted by atomic mass is 16.4. The standard InChI is InChI=1S/C14H14N2O5/c17-12(18)6-5-10(14(20)21)16-13(19)11-7-8-3-1-2-4-9(8)15-11/h1-4,7,10,15H,5-6H2,(H,16,19)(H,17,18)(H,20,21)/t10-/m0/s1. The number of rotatable bonds is 6. The summed E-state index contributed by atoms with van der Waals surface area (Å²) in [5.41, 5.74) is 0.998. The second-order valence-electron chi connectivity index (χ2n) is 4.57. The first kappa shape index (κ1) is 14.6. The normalized spacial score (nSPS) is 12.0. The summed E-state index contributed by atoms with van der Waals surface area (Å²) in [7, 11) is 0. The van der Waals surface area contributed by atoms with Crippen molar-refractivity contribution in [3.8, 4) is 0 Å². The molecule has 7 nitrogen and oxygen atoms in total. The smallest absolute Gasteiger partial charge is 0.326 e. The van der Waals surface area contributed by atoms with Crippen molar-refractivity contribution in [2.45, 2.75) is 18.9 Å². The topological polar surface area (TPSA) is 119 Å². The first-order valence-electron chi connectivity index (χ1n) is 6.30. The van der Waals surface area contributed by atoms with Crippen LogP contribution in [0.1, 0.15) is 23.3 Å². The van der Waals surface area contributed by atoms with Crippen LogP contribution in [0.25, 0.3) is 10.9 Å². The number of nitrogens with one attached hydrogen (secondary N) is 2. The Kier molecular flexibility index (Phi) is 4.22. The van der Waals surface area contributed by atoms with E-state index in [0.29, 0.717) is 0 Å². The largest absolute Gasteiger partial charge is 0.481 e. The molecule has 1 aromatic heterocycles. The summed E-state index contributed by atoms with van der Waals surface area (Å²) in [5, 5.41) is 20.7. The summed E-state index contributed by atoms with van der Waals surface area (Å²) in [5.74, 6) is -2.95. The third-order valence-corrected chi connectivity index (χ3v) is 3.02. The highest BCUT2D eigenvalue weighted by Crippen LogP contribution is 2.14. The number of carboxylic acids is 2.